The van der Waals surface area contributed by atoms with Crippen molar-refractivity contribution in [1.82, 2.24) is 5.32 Å². The summed E-state index contributed by atoms with van der Waals surface area (Å²) < 4.78 is 5.25. The Morgan fingerprint density at radius 2 is 1.77 bits per heavy atom. The number of rotatable bonds is 8. The quantitative estimate of drug-likeness (QED) is 0.387. The van der Waals surface area contributed by atoms with Crippen LogP contribution < -0.4 is 5.32 Å². The molecule has 0 aromatic carbocycles. The van der Waals surface area contributed by atoms with E-state index in [9.17, 15) is 29.4 Å². The van der Waals surface area contributed by atoms with E-state index >= 15 is 0 Å². The maximum absolute atomic E-state index is 13.4. The summed E-state index contributed by atoms with van der Waals surface area (Å²) >= 11 is 0. The number of carbonyl (C=O) groups excluding carboxylic acids is 4. The van der Waals surface area contributed by atoms with Crippen LogP contribution in [-0.2, 0) is 23.9 Å². The van der Waals surface area contributed by atoms with Crippen molar-refractivity contribution in [1.29, 1.82) is 0 Å². The normalized spacial score (nSPS) is 39.4. The van der Waals surface area contributed by atoms with Gasteiger partial charge in [-0.1, -0.05) is 38.7 Å². The van der Waals surface area contributed by atoms with Gasteiger partial charge in [0.2, 0.25) is 11.7 Å². The Hall–Kier alpha value is -2.06. The molecule has 7 atom stereocenters. The van der Waals surface area contributed by atoms with Crippen LogP contribution in [-0.4, -0.2) is 58.5 Å². The lowest BCUT2D eigenvalue weighted by Gasteiger charge is -2.60. The zero-order valence-corrected chi connectivity index (χ0v) is 24.2. The molecule has 8 heteroatoms. The minimum Gasteiger partial charge on any atom is -0.458 e. The summed E-state index contributed by atoms with van der Waals surface area (Å²) in [5.74, 6) is -0.450. The van der Waals surface area contributed by atoms with E-state index in [1.54, 1.807) is 6.08 Å². The molecule has 0 aliphatic heterocycles. The molecule has 0 aromatic heterocycles. The number of aliphatic hydroxyl groups is 2. The molecule has 0 spiro atoms. The Balaban J connectivity index is 1.16. The van der Waals surface area contributed by atoms with Gasteiger partial charge in [-0.15, -0.1) is 0 Å². The Morgan fingerprint density at radius 1 is 1.02 bits per heavy atom. The van der Waals surface area contributed by atoms with Crippen LogP contribution in [0.1, 0.15) is 104 Å². The van der Waals surface area contributed by atoms with Gasteiger partial charge in [-0.05, 0) is 86.5 Å². The molecule has 4 fully saturated rings. The molecule has 222 valence electrons. The molecule has 8 nitrogen and oxygen atoms in total. The van der Waals surface area contributed by atoms with E-state index in [-0.39, 0.29) is 54.1 Å². The van der Waals surface area contributed by atoms with Gasteiger partial charge in [0.25, 0.3) is 0 Å². The van der Waals surface area contributed by atoms with Crippen molar-refractivity contribution in [3.05, 3.63) is 11.6 Å². The van der Waals surface area contributed by atoms with Crippen LogP contribution in [0, 0.1) is 34.5 Å². The highest BCUT2D eigenvalue weighted by Crippen LogP contribution is 2.67. The summed E-state index contributed by atoms with van der Waals surface area (Å²) in [6, 6.07) is 0. The van der Waals surface area contributed by atoms with Crippen LogP contribution in [0.2, 0.25) is 0 Å². The number of esters is 1. The molecule has 5 rings (SSSR count). The average Bonchev–Trinajstić information content (AvgIpc) is 3.20. The summed E-state index contributed by atoms with van der Waals surface area (Å²) in [7, 11) is 0. The summed E-state index contributed by atoms with van der Waals surface area (Å²) in [5, 5.41) is 26.2. The highest BCUT2D eigenvalue weighted by molar-refractivity contribution is 5.92. The standard InChI is InChI=1S/C32H47NO7/c1-30-14-12-22(34)16-21(30)8-9-23-24-13-15-32(39,31(24,2)17-25(35)29(23)30)26(36)19-40-28(38)11-10-27(37)33-18-20-6-4-3-5-7-20/h16,20,23-25,29,35,39H,3-15,17-19H2,1-2H3,(H,33,37)/t23-,24-,25+,29+,30+,31+,32+/m1/s1. The van der Waals surface area contributed by atoms with Gasteiger partial charge in [0.15, 0.2) is 12.4 Å². The van der Waals surface area contributed by atoms with Crippen molar-refractivity contribution in [2.45, 2.75) is 115 Å². The minimum atomic E-state index is -1.68. The maximum Gasteiger partial charge on any atom is 0.306 e. The van der Waals surface area contributed by atoms with Gasteiger partial charge in [0.05, 0.1) is 12.5 Å². The zero-order valence-electron chi connectivity index (χ0n) is 24.2. The number of allylic oxidation sites excluding steroid dienone is 1. The number of Topliss-reactive ketones (excluding diaryl/α,β-unsaturated/α-hetero) is 1. The van der Waals surface area contributed by atoms with Crippen LogP contribution in [0.5, 0.6) is 0 Å². The van der Waals surface area contributed by atoms with Gasteiger partial charge in [-0.3, -0.25) is 19.2 Å². The average molecular weight is 558 g/mol. The monoisotopic (exact) mass is 557 g/mol. The number of nitrogens with one attached hydrogen (secondary N) is 1. The zero-order chi connectivity index (χ0) is 28.7. The molecule has 40 heavy (non-hydrogen) atoms. The van der Waals surface area contributed by atoms with Crippen molar-refractivity contribution in [2.24, 2.45) is 34.5 Å². The molecular formula is C32H47NO7. The number of ether oxygens (including phenoxy) is 1. The fourth-order valence-electron chi connectivity index (χ4n) is 9.44. The van der Waals surface area contributed by atoms with Gasteiger partial charge < -0.3 is 20.3 Å². The molecule has 0 unspecified atom stereocenters. The SMILES string of the molecule is C[C@]12CCC(=O)C=C1CC[C@H]1[C@H]2[C@@H](O)C[C@@]2(C)[C@@H]1CC[C@]2(O)C(=O)COC(=O)CCC(=O)NCC1CCCCC1. The Morgan fingerprint density at radius 3 is 2.52 bits per heavy atom. The number of ketones is 2. The fourth-order valence-corrected chi connectivity index (χ4v) is 9.44. The first-order chi connectivity index (χ1) is 19.0. The van der Waals surface area contributed by atoms with Gasteiger partial charge in [-0.2, -0.15) is 0 Å². The van der Waals surface area contributed by atoms with E-state index < -0.39 is 35.5 Å². The van der Waals surface area contributed by atoms with E-state index in [2.05, 4.69) is 12.2 Å². The van der Waals surface area contributed by atoms with E-state index in [1.165, 1.54) is 19.3 Å². The first kappa shape index (κ1) is 29.4. The summed E-state index contributed by atoms with van der Waals surface area (Å²) in [6.45, 7) is 4.20. The third kappa shape index (κ3) is 5.19. The van der Waals surface area contributed by atoms with Crippen LogP contribution in [0.15, 0.2) is 11.6 Å². The summed E-state index contributed by atoms with van der Waals surface area (Å²) in [4.78, 5) is 50.1. The Labute approximate surface area is 237 Å². The Bertz CT molecular complexity index is 1060. The lowest BCUT2D eigenvalue weighted by molar-refractivity contribution is -0.184. The molecule has 0 radical (unpaired) electrons. The van der Waals surface area contributed by atoms with Crippen molar-refractivity contribution >= 4 is 23.4 Å². The molecule has 0 heterocycles. The molecule has 0 bridgehead atoms. The van der Waals surface area contributed by atoms with Crippen molar-refractivity contribution in [2.75, 3.05) is 13.2 Å². The first-order valence-corrected chi connectivity index (χ1v) is 15.6. The minimum absolute atomic E-state index is 0.00165. The van der Waals surface area contributed by atoms with Crippen molar-refractivity contribution < 1.29 is 34.1 Å². The van der Waals surface area contributed by atoms with E-state index in [1.807, 2.05) is 6.92 Å². The fraction of sp³-hybridized carbons (Fsp3) is 0.812. The van der Waals surface area contributed by atoms with E-state index in [0.29, 0.717) is 31.7 Å². The maximum atomic E-state index is 13.4. The number of hydrogen-bond donors (Lipinski definition) is 3. The van der Waals surface area contributed by atoms with Crippen molar-refractivity contribution in [3.8, 4) is 0 Å². The molecular weight excluding hydrogens is 510 g/mol. The molecule has 5 aliphatic rings. The third-order valence-corrected chi connectivity index (χ3v) is 11.7. The molecule has 5 aliphatic carbocycles. The summed E-state index contributed by atoms with van der Waals surface area (Å²) in [5.41, 5.74) is -1.59. The number of fused-ring (bicyclic) bond motifs is 5. The van der Waals surface area contributed by atoms with Crippen LogP contribution in [0.3, 0.4) is 0 Å². The lowest BCUT2D eigenvalue weighted by Crippen LogP contribution is -2.62. The van der Waals surface area contributed by atoms with Gasteiger partial charge in [0.1, 0.15) is 5.60 Å². The number of amides is 1. The van der Waals surface area contributed by atoms with Crippen LogP contribution in [0.25, 0.3) is 0 Å². The van der Waals surface area contributed by atoms with Gasteiger partial charge in [0, 0.05) is 24.8 Å². The van der Waals surface area contributed by atoms with Crippen LogP contribution >= 0.6 is 0 Å². The number of hydrogen-bond acceptors (Lipinski definition) is 7. The predicted molar refractivity (Wildman–Crippen MR) is 148 cm³/mol. The van der Waals surface area contributed by atoms with E-state index in [4.69, 9.17) is 4.74 Å². The van der Waals surface area contributed by atoms with E-state index in [0.717, 1.165) is 37.7 Å². The highest BCUT2D eigenvalue weighted by atomic mass is 16.5. The van der Waals surface area contributed by atoms with Gasteiger partial charge >= 0.3 is 5.97 Å². The highest BCUT2D eigenvalue weighted by Gasteiger charge is 2.68. The van der Waals surface area contributed by atoms with Crippen molar-refractivity contribution in [3.63, 3.8) is 0 Å². The first-order valence-electron chi connectivity index (χ1n) is 15.6. The predicted octanol–water partition coefficient (Wildman–Crippen LogP) is 3.81. The largest absolute Gasteiger partial charge is 0.458 e. The summed E-state index contributed by atoms with van der Waals surface area (Å²) in [6.07, 6.45) is 11.0. The van der Waals surface area contributed by atoms with Crippen LogP contribution in [0.4, 0.5) is 0 Å². The topological polar surface area (TPSA) is 130 Å². The van der Waals surface area contributed by atoms with Gasteiger partial charge in [-0.25, -0.2) is 0 Å². The molecule has 1 amide bonds. The number of carbonyl (C=O) groups is 4. The second-order valence-corrected chi connectivity index (χ2v) is 13.9. The molecule has 3 N–H and O–H groups in total. The second-order valence-electron chi connectivity index (χ2n) is 13.9. The smallest absolute Gasteiger partial charge is 0.306 e. The lowest BCUT2D eigenvalue weighted by atomic mass is 9.45. The molecule has 0 aromatic rings. The Kier molecular flexibility index (Phi) is 8.33. The third-order valence-electron chi connectivity index (χ3n) is 11.7. The molecule has 4 saturated carbocycles. The second kappa shape index (κ2) is 11.3. The number of aliphatic hydroxyl groups excluding tert-OH is 1. The molecule has 0 saturated heterocycles.